The second-order valence-corrected chi connectivity index (χ2v) is 8.07. The number of halogens is 2. The number of rotatable bonds is 3. The molecule has 3 aromatic heterocycles. The summed E-state index contributed by atoms with van der Waals surface area (Å²) < 4.78 is 43.4. The Morgan fingerprint density at radius 2 is 2.06 bits per heavy atom. The van der Waals surface area contributed by atoms with Gasteiger partial charge in [0.05, 0.1) is 12.2 Å². The van der Waals surface area contributed by atoms with Gasteiger partial charge in [0.25, 0.3) is 0 Å². The standard InChI is InChI=1S/C20H19F2N7O3/c1-9(28-6-5-12-14(8-28)30-10(2)24-12)7-15-25-18-11-3-4-13-17(32-20(21,22)31-13)16(11)26-19(23)29(18)27-15/h3-4,9H,5-8H2,1-2H3,(H2,23,26)/t9-/m1/s1. The van der Waals surface area contributed by atoms with Gasteiger partial charge in [-0.3, -0.25) is 4.90 Å². The van der Waals surface area contributed by atoms with Crippen LogP contribution in [-0.2, 0) is 19.4 Å². The monoisotopic (exact) mass is 443 g/mol. The molecule has 0 fully saturated rings. The summed E-state index contributed by atoms with van der Waals surface area (Å²) in [5, 5.41) is 4.99. The molecule has 2 N–H and O–H groups in total. The van der Waals surface area contributed by atoms with E-state index in [0.717, 1.165) is 24.4 Å². The van der Waals surface area contributed by atoms with Crippen LogP contribution >= 0.6 is 0 Å². The number of ether oxygens (including phenoxy) is 2. The summed E-state index contributed by atoms with van der Waals surface area (Å²) >= 11 is 0. The lowest BCUT2D eigenvalue weighted by Gasteiger charge is -2.30. The first kappa shape index (κ1) is 19.2. The first-order chi connectivity index (χ1) is 15.3. The molecule has 5 heterocycles. The molecule has 1 aromatic carbocycles. The molecule has 0 saturated carbocycles. The number of anilines is 1. The van der Waals surface area contributed by atoms with Crippen LogP contribution in [0.15, 0.2) is 16.5 Å². The summed E-state index contributed by atoms with van der Waals surface area (Å²) in [6.07, 6.45) is -2.35. The number of nitrogen functional groups attached to an aromatic ring is 1. The summed E-state index contributed by atoms with van der Waals surface area (Å²) in [6.45, 7) is 5.48. The maximum absolute atomic E-state index is 13.5. The molecular formula is C20H19F2N7O3. The van der Waals surface area contributed by atoms with Crippen molar-refractivity contribution in [3.63, 3.8) is 0 Å². The number of alkyl halides is 2. The van der Waals surface area contributed by atoms with E-state index in [4.69, 9.17) is 10.2 Å². The molecule has 0 saturated heterocycles. The zero-order chi connectivity index (χ0) is 22.2. The maximum atomic E-state index is 13.5. The molecule has 32 heavy (non-hydrogen) atoms. The number of nitrogens with zero attached hydrogens (tertiary/aromatic N) is 6. The lowest BCUT2D eigenvalue weighted by Crippen LogP contribution is -2.38. The van der Waals surface area contributed by atoms with Crippen molar-refractivity contribution in [2.45, 2.75) is 45.6 Å². The van der Waals surface area contributed by atoms with Crippen LogP contribution in [0, 0.1) is 6.92 Å². The lowest BCUT2D eigenvalue weighted by atomic mass is 10.1. The van der Waals surface area contributed by atoms with E-state index in [9.17, 15) is 8.78 Å². The van der Waals surface area contributed by atoms with Crippen molar-refractivity contribution in [3.8, 4) is 11.5 Å². The van der Waals surface area contributed by atoms with Crippen molar-refractivity contribution in [2.75, 3.05) is 12.3 Å². The molecule has 0 spiro atoms. The van der Waals surface area contributed by atoms with Crippen molar-refractivity contribution in [1.29, 1.82) is 0 Å². The number of nitrogens with two attached hydrogens (primary N) is 1. The molecule has 0 unspecified atom stereocenters. The topological polar surface area (TPSA) is 117 Å². The Morgan fingerprint density at radius 1 is 1.22 bits per heavy atom. The van der Waals surface area contributed by atoms with Crippen LogP contribution in [0.3, 0.4) is 0 Å². The molecule has 10 nitrogen and oxygen atoms in total. The SMILES string of the molecule is Cc1nc2c(o1)CN([C@H](C)Cc1nc3c4ccc5c(c4nc(N)n3n1)OC(F)(F)O5)CC2. The third-order valence-corrected chi connectivity index (χ3v) is 5.85. The molecule has 0 amide bonds. The van der Waals surface area contributed by atoms with Crippen LogP contribution in [0.5, 0.6) is 11.5 Å². The highest BCUT2D eigenvalue weighted by Gasteiger charge is 2.45. The van der Waals surface area contributed by atoms with E-state index in [0.29, 0.717) is 35.7 Å². The van der Waals surface area contributed by atoms with Gasteiger partial charge in [0.1, 0.15) is 11.3 Å². The van der Waals surface area contributed by atoms with Gasteiger partial charge in [0.2, 0.25) is 5.95 Å². The fourth-order valence-corrected chi connectivity index (χ4v) is 4.34. The Bertz CT molecular complexity index is 1380. The number of aryl methyl sites for hydroxylation is 1. The van der Waals surface area contributed by atoms with Crippen molar-refractivity contribution < 1.29 is 22.7 Å². The molecule has 166 valence electrons. The highest BCUT2D eigenvalue weighted by molar-refractivity contribution is 5.97. The van der Waals surface area contributed by atoms with Gasteiger partial charge in [-0.25, -0.2) is 15.0 Å². The van der Waals surface area contributed by atoms with E-state index < -0.39 is 6.29 Å². The summed E-state index contributed by atoms with van der Waals surface area (Å²) in [7, 11) is 0. The number of hydrogen-bond acceptors (Lipinski definition) is 9. The Kier molecular flexibility index (Phi) is 3.88. The van der Waals surface area contributed by atoms with Crippen LogP contribution in [-0.4, -0.2) is 48.3 Å². The van der Waals surface area contributed by atoms with Crippen molar-refractivity contribution in [3.05, 3.63) is 35.3 Å². The van der Waals surface area contributed by atoms with Gasteiger partial charge in [-0.05, 0) is 19.1 Å². The Labute approximate surface area is 179 Å². The Balaban J connectivity index is 1.32. The molecule has 4 aromatic rings. The van der Waals surface area contributed by atoms with Gasteiger partial charge >= 0.3 is 6.29 Å². The molecule has 0 bridgehead atoms. The number of aromatic nitrogens is 5. The minimum Gasteiger partial charge on any atom is -0.444 e. The maximum Gasteiger partial charge on any atom is 0.586 e. The van der Waals surface area contributed by atoms with Gasteiger partial charge in [0, 0.05) is 37.7 Å². The van der Waals surface area contributed by atoms with Crippen molar-refractivity contribution in [1.82, 2.24) is 29.5 Å². The quantitative estimate of drug-likeness (QED) is 0.509. The summed E-state index contributed by atoms with van der Waals surface area (Å²) in [5.41, 5.74) is 7.66. The van der Waals surface area contributed by atoms with Crippen LogP contribution in [0.4, 0.5) is 14.7 Å². The Hall–Kier alpha value is -3.54. The van der Waals surface area contributed by atoms with E-state index in [1.165, 1.54) is 10.6 Å². The highest BCUT2D eigenvalue weighted by Crippen LogP contribution is 2.45. The van der Waals surface area contributed by atoms with Gasteiger partial charge in [0.15, 0.2) is 28.9 Å². The molecular weight excluding hydrogens is 424 g/mol. The van der Waals surface area contributed by atoms with Crippen molar-refractivity contribution >= 4 is 22.5 Å². The number of hydrogen-bond donors (Lipinski definition) is 1. The predicted octanol–water partition coefficient (Wildman–Crippen LogP) is 2.47. The predicted molar refractivity (Wildman–Crippen MR) is 107 cm³/mol. The summed E-state index contributed by atoms with van der Waals surface area (Å²) in [6, 6.07) is 3.13. The third kappa shape index (κ3) is 2.93. The second-order valence-electron chi connectivity index (χ2n) is 8.07. The number of benzene rings is 1. The normalized spacial score (nSPS) is 18.4. The van der Waals surface area contributed by atoms with Crippen LogP contribution in [0.1, 0.15) is 30.1 Å². The highest BCUT2D eigenvalue weighted by atomic mass is 19.3. The van der Waals surface area contributed by atoms with Gasteiger partial charge in [-0.1, -0.05) is 0 Å². The van der Waals surface area contributed by atoms with Crippen LogP contribution < -0.4 is 15.2 Å². The summed E-state index contributed by atoms with van der Waals surface area (Å²) in [5.74, 6) is 1.91. The third-order valence-electron chi connectivity index (χ3n) is 5.85. The van der Waals surface area contributed by atoms with Crippen LogP contribution in [0.2, 0.25) is 0 Å². The first-order valence-corrected chi connectivity index (χ1v) is 10.2. The van der Waals surface area contributed by atoms with Crippen LogP contribution in [0.25, 0.3) is 16.6 Å². The molecule has 2 aliphatic rings. The van der Waals surface area contributed by atoms with Gasteiger partial charge in [-0.15, -0.1) is 13.9 Å². The Morgan fingerprint density at radius 3 is 2.91 bits per heavy atom. The van der Waals surface area contributed by atoms with E-state index in [1.807, 2.05) is 6.92 Å². The number of oxazole rings is 1. The van der Waals surface area contributed by atoms with Gasteiger partial charge in [-0.2, -0.15) is 4.52 Å². The minimum atomic E-state index is -3.75. The molecule has 12 heteroatoms. The van der Waals surface area contributed by atoms with E-state index >= 15 is 0 Å². The average Bonchev–Trinajstić information content (AvgIpc) is 3.40. The molecule has 2 aliphatic heterocycles. The van der Waals surface area contributed by atoms with Crippen molar-refractivity contribution in [2.24, 2.45) is 0 Å². The fourth-order valence-electron chi connectivity index (χ4n) is 4.34. The van der Waals surface area contributed by atoms with Gasteiger partial charge < -0.3 is 19.6 Å². The fraction of sp³-hybridized carbons (Fsp3) is 0.400. The largest absolute Gasteiger partial charge is 0.586 e. The zero-order valence-electron chi connectivity index (χ0n) is 17.3. The lowest BCUT2D eigenvalue weighted by molar-refractivity contribution is -0.286. The first-order valence-electron chi connectivity index (χ1n) is 10.2. The molecule has 6 rings (SSSR count). The minimum absolute atomic E-state index is 0.0193. The number of fused-ring (bicyclic) bond motifs is 6. The van der Waals surface area contributed by atoms with E-state index in [-0.39, 0.29) is 29.0 Å². The van der Waals surface area contributed by atoms with E-state index in [1.54, 1.807) is 6.07 Å². The van der Waals surface area contributed by atoms with E-state index in [2.05, 4.69) is 41.3 Å². The second kappa shape index (κ2) is 6.48. The smallest absolute Gasteiger partial charge is 0.444 e. The zero-order valence-corrected chi connectivity index (χ0v) is 17.3. The molecule has 0 radical (unpaired) electrons. The molecule has 0 aliphatic carbocycles. The molecule has 1 atom stereocenters. The summed E-state index contributed by atoms with van der Waals surface area (Å²) in [4.78, 5) is 15.6. The average molecular weight is 443 g/mol.